The topological polar surface area (TPSA) is 60.2 Å². The zero-order valence-corrected chi connectivity index (χ0v) is 11.7. The Kier molecular flexibility index (Phi) is 4.66. The van der Waals surface area contributed by atoms with Crippen LogP contribution in [-0.4, -0.2) is 30.4 Å². The summed E-state index contributed by atoms with van der Waals surface area (Å²) in [4.78, 5) is 5.29. The van der Waals surface area contributed by atoms with Crippen molar-refractivity contribution in [2.24, 2.45) is 0 Å². The van der Waals surface area contributed by atoms with Crippen molar-refractivity contribution in [3.63, 3.8) is 0 Å². The molecule has 2 rings (SSSR count). The summed E-state index contributed by atoms with van der Waals surface area (Å²) in [6, 6.07) is 1.97. The third-order valence-corrected chi connectivity index (χ3v) is 3.70. The second kappa shape index (κ2) is 6.25. The van der Waals surface area contributed by atoms with E-state index < -0.39 is 0 Å². The smallest absolute Gasteiger partial charge is 0.240 e. The van der Waals surface area contributed by atoms with E-state index in [4.69, 9.17) is 9.26 Å². The van der Waals surface area contributed by atoms with E-state index in [9.17, 15) is 0 Å². The molecule has 0 saturated carbocycles. The molecule has 0 radical (unpaired) electrons. The van der Waals surface area contributed by atoms with Crippen molar-refractivity contribution in [2.45, 2.75) is 6.54 Å². The van der Waals surface area contributed by atoms with E-state index in [1.54, 1.807) is 18.4 Å². The summed E-state index contributed by atoms with van der Waals surface area (Å²) < 4.78 is 11.1. The van der Waals surface area contributed by atoms with Gasteiger partial charge in [0.15, 0.2) is 0 Å². The van der Waals surface area contributed by atoms with Gasteiger partial charge in [-0.15, -0.1) is 11.3 Å². The molecule has 17 heavy (non-hydrogen) atoms. The summed E-state index contributed by atoms with van der Waals surface area (Å²) >= 11 is 4.97. The van der Waals surface area contributed by atoms with E-state index in [0.717, 1.165) is 15.9 Å². The second-order valence-corrected chi connectivity index (χ2v) is 5.14. The number of nitrogens with one attached hydrogen (secondary N) is 1. The number of hydrogen-bond acceptors (Lipinski definition) is 6. The maximum Gasteiger partial charge on any atom is 0.240 e. The zero-order chi connectivity index (χ0) is 12.1. The standard InChI is InChI=1S/C10H12BrN3O2S/c1-15-3-2-12-5-9-13-10(14-16-9)8-4-7(11)6-17-8/h4,6,12H,2-3,5H2,1H3. The largest absolute Gasteiger partial charge is 0.383 e. The Morgan fingerprint density at radius 2 is 2.47 bits per heavy atom. The highest BCUT2D eigenvalue weighted by molar-refractivity contribution is 9.10. The van der Waals surface area contributed by atoms with Gasteiger partial charge in [-0.3, -0.25) is 0 Å². The van der Waals surface area contributed by atoms with Crippen molar-refractivity contribution < 1.29 is 9.26 Å². The van der Waals surface area contributed by atoms with Gasteiger partial charge in [-0.2, -0.15) is 4.98 Å². The number of halogens is 1. The van der Waals surface area contributed by atoms with Crippen LogP contribution < -0.4 is 5.32 Å². The van der Waals surface area contributed by atoms with E-state index in [1.807, 2.05) is 11.4 Å². The van der Waals surface area contributed by atoms with Gasteiger partial charge in [0.25, 0.3) is 0 Å². The first-order valence-corrected chi connectivity index (χ1v) is 6.73. The monoisotopic (exact) mass is 317 g/mol. The Hall–Kier alpha value is -0.760. The summed E-state index contributed by atoms with van der Waals surface area (Å²) in [5.41, 5.74) is 0. The molecule has 0 amide bonds. The number of methoxy groups -OCH3 is 1. The van der Waals surface area contributed by atoms with E-state index in [-0.39, 0.29) is 0 Å². The molecule has 0 bridgehead atoms. The molecule has 0 aliphatic carbocycles. The van der Waals surface area contributed by atoms with E-state index >= 15 is 0 Å². The minimum atomic E-state index is 0.558. The lowest BCUT2D eigenvalue weighted by molar-refractivity contribution is 0.197. The third kappa shape index (κ3) is 3.60. The van der Waals surface area contributed by atoms with Gasteiger partial charge in [-0.25, -0.2) is 0 Å². The molecular weight excluding hydrogens is 306 g/mol. The molecule has 0 saturated heterocycles. The fraction of sp³-hybridized carbons (Fsp3) is 0.400. The van der Waals surface area contributed by atoms with Crippen molar-refractivity contribution in [1.29, 1.82) is 0 Å². The Morgan fingerprint density at radius 1 is 1.59 bits per heavy atom. The fourth-order valence-corrected chi connectivity index (χ4v) is 2.58. The molecule has 2 aromatic rings. The summed E-state index contributed by atoms with van der Waals surface area (Å²) in [6.07, 6.45) is 0. The van der Waals surface area contributed by atoms with Crippen LogP contribution in [0.2, 0.25) is 0 Å². The molecule has 5 nitrogen and oxygen atoms in total. The first-order valence-electron chi connectivity index (χ1n) is 5.06. The molecule has 0 aliphatic heterocycles. The van der Waals surface area contributed by atoms with Gasteiger partial charge < -0.3 is 14.6 Å². The fourth-order valence-electron chi connectivity index (χ4n) is 1.23. The molecule has 2 aromatic heterocycles. The van der Waals surface area contributed by atoms with Gasteiger partial charge in [0.05, 0.1) is 18.0 Å². The maximum atomic E-state index is 5.14. The molecule has 0 atom stereocenters. The van der Waals surface area contributed by atoms with Crippen LogP contribution in [-0.2, 0) is 11.3 Å². The van der Waals surface area contributed by atoms with Crippen molar-refractivity contribution in [1.82, 2.24) is 15.5 Å². The van der Waals surface area contributed by atoms with Crippen LogP contribution in [0.3, 0.4) is 0 Å². The predicted octanol–water partition coefficient (Wildman–Crippen LogP) is 2.30. The number of rotatable bonds is 6. The lowest BCUT2D eigenvalue weighted by Crippen LogP contribution is -2.18. The van der Waals surface area contributed by atoms with Crippen LogP contribution in [0.25, 0.3) is 10.7 Å². The highest BCUT2D eigenvalue weighted by Gasteiger charge is 2.09. The lowest BCUT2D eigenvalue weighted by Gasteiger charge is -1.98. The number of nitrogens with zero attached hydrogens (tertiary/aromatic N) is 2. The van der Waals surface area contributed by atoms with Crippen molar-refractivity contribution in [2.75, 3.05) is 20.3 Å². The zero-order valence-electron chi connectivity index (χ0n) is 9.27. The van der Waals surface area contributed by atoms with Gasteiger partial charge in [-0.1, -0.05) is 5.16 Å². The van der Waals surface area contributed by atoms with Crippen LogP contribution in [0, 0.1) is 0 Å². The van der Waals surface area contributed by atoms with E-state index in [1.165, 1.54) is 0 Å². The summed E-state index contributed by atoms with van der Waals surface area (Å²) in [5, 5.41) is 9.06. The van der Waals surface area contributed by atoms with Crippen LogP contribution in [0.4, 0.5) is 0 Å². The summed E-state index contributed by atoms with van der Waals surface area (Å²) in [5.74, 6) is 1.21. The van der Waals surface area contributed by atoms with Crippen LogP contribution >= 0.6 is 27.3 Å². The highest BCUT2D eigenvalue weighted by atomic mass is 79.9. The predicted molar refractivity (Wildman–Crippen MR) is 68.9 cm³/mol. The lowest BCUT2D eigenvalue weighted by atomic mass is 10.4. The third-order valence-electron chi connectivity index (χ3n) is 2.02. The minimum absolute atomic E-state index is 0.558. The Balaban J connectivity index is 1.92. The van der Waals surface area contributed by atoms with Crippen LogP contribution in [0.5, 0.6) is 0 Å². The Bertz CT molecular complexity index is 472. The van der Waals surface area contributed by atoms with Gasteiger partial charge in [0, 0.05) is 23.5 Å². The molecule has 2 heterocycles. The van der Waals surface area contributed by atoms with Crippen LogP contribution in [0.1, 0.15) is 5.89 Å². The Labute approximate surface area is 111 Å². The van der Waals surface area contributed by atoms with E-state index in [0.29, 0.717) is 24.9 Å². The number of ether oxygens (including phenoxy) is 1. The average Bonchev–Trinajstić information content (AvgIpc) is 2.93. The van der Waals surface area contributed by atoms with E-state index in [2.05, 4.69) is 31.4 Å². The molecule has 1 N–H and O–H groups in total. The van der Waals surface area contributed by atoms with Crippen molar-refractivity contribution in [3.8, 4) is 10.7 Å². The molecule has 92 valence electrons. The van der Waals surface area contributed by atoms with Gasteiger partial charge >= 0.3 is 0 Å². The maximum absolute atomic E-state index is 5.14. The number of thiophene rings is 1. The molecular formula is C10H12BrN3O2S. The highest BCUT2D eigenvalue weighted by Crippen LogP contribution is 2.27. The summed E-state index contributed by atoms with van der Waals surface area (Å²) in [7, 11) is 1.67. The van der Waals surface area contributed by atoms with Crippen molar-refractivity contribution in [3.05, 3.63) is 21.8 Å². The summed E-state index contributed by atoms with van der Waals surface area (Å²) in [6.45, 7) is 1.99. The Morgan fingerprint density at radius 3 is 3.18 bits per heavy atom. The second-order valence-electron chi connectivity index (χ2n) is 3.31. The number of hydrogen-bond donors (Lipinski definition) is 1. The quantitative estimate of drug-likeness (QED) is 0.828. The number of aromatic nitrogens is 2. The normalized spacial score (nSPS) is 10.9. The molecule has 0 fully saturated rings. The molecule has 7 heteroatoms. The SMILES string of the molecule is COCCNCc1nc(-c2cc(Br)cs2)no1. The molecule has 0 unspecified atom stereocenters. The van der Waals surface area contributed by atoms with Crippen molar-refractivity contribution >= 4 is 27.3 Å². The first kappa shape index (κ1) is 12.7. The van der Waals surface area contributed by atoms with Crippen LogP contribution in [0.15, 0.2) is 20.4 Å². The molecule has 0 spiro atoms. The molecule has 0 aliphatic rings. The van der Waals surface area contributed by atoms with Gasteiger partial charge in [0.1, 0.15) is 0 Å². The minimum Gasteiger partial charge on any atom is -0.383 e. The molecule has 0 aromatic carbocycles. The average molecular weight is 318 g/mol. The van der Waals surface area contributed by atoms with Gasteiger partial charge in [0.2, 0.25) is 11.7 Å². The van der Waals surface area contributed by atoms with Gasteiger partial charge in [-0.05, 0) is 22.0 Å². The first-order chi connectivity index (χ1) is 8.29.